The Bertz CT molecular complexity index is 1110. The van der Waals surface area contributed by atoms with E-state index in [2.05, 4.69) is 10.6 Å². The lowest BCUT2D eigenvalue weighted by molar-refractivity contribution is 0.0943. The number of nitrogens with one attached hydrogen (secondary N) is 2. The summed E-state index contributed by atoms with van der Waals surface area (Å²) in [5.41, 5.74) is 7.65. The molecule has 8 heteroatoms. The van der Waals surface area contributed by atoms with Crippen LogP contribution in [-0.4, -0.2) is 42.6 Å². The summed E-state index contributed by atoms with van der Waals surface area (Å²) in [5.74, 6) is 1.87. The van der Waals surface area contributed by atoms with Crippen LogP contribution in [0.3, 0.4) is 0 Å². The van der Waals surface area contributed by atoms with Crippen LogP contribution >= 0.6 is 11.6 Å². The SMILES string of the molecule is CN(C)c1nc(NC2CCC(CNC(=O)c3ccc(N)cc3Cl)CC2)nc2ccccc12. The van der Waals surface area contributed by atoms with E-state index in [0.29, 0.717) is 40.7 Å². The number of hydrogen-bond donors (Lipinski definition) is 3. The van der Waals surface area contributed by atoms with Crippen LogP contribution in [0, 0.1) is 5.92 Å². The van der Waals surface area contributed by atoms with Gasteiger partial charge in [0.1, 0.15) is 5.82 Å². The normalized spacial score (nSPS) is 18.3. The Hall–Kier alpha value is -3.06. The molecule has 0 atom stereocenters. The molecule has 32 heavy (non-hydrogen) atoms. The van der Waals surface area contributed by atoms with Gasteiger partial charge in [-0.05, 0) is 61.9 Å². The Morgan fingerprint density at radius 1 is 1.12 bits per heavy atom. The topological polar surface area (TPSA) is 96.2 Å². The van der Waals surface area contributed by atoms with Gasteiger partial charge >= 0.3 is 0 Å². The molecule has 3 aromatic rings. The van der Waals surface area contributed by atoms with E-state index in [0.717, 1.165) is 42.4 Å². The summed E-state index contributed by atoms with van der Waals surface area (Å²) in [6.07, 6.45) is 4.08. The first-order valence-corrected chi connectivity index (χ1v) is 11.3. The number of fused-ring (bicyclic) bond motifs is 1. The van der Waals surface area contributed by atoms with Crippen LogP contribution in [0.4, 0.5) is 17.5 Å². The van der Waals surface area contributed by atoms with E-state index in [1.165, 1.54) is 0 Å². The van der Waals surface area contributed by atoms with Crippen molar-refractivity contribution in [2.24, 2.45) is 5.92 Å². The van der Waals surface area contributed by atoms with Gasteiger partial charge in [-0.2, -0.15) is 4.98 Å². The average molecular weight is 453 g/mol. The maximum atomic E-state index is 12.4. The third-order valence-electron chi connectivity index (χ3n) is 5.98. The molecule has 0 unspecified atom stereocenters. The molecule has 4 rings (SSSR count). The van der Waals surface area contributed by atoms with Gasteiger partial charge < -0.3 is 21.3 Å². The fraction of sp³-hybridized carbons (Fsp3) is 0.375. The highest BCUT2D eigenvalue weighted by Gasteiger charge is 2.23. The lowest BCUT2D eigenvalue weighted by Crippen LogP contribution is -2.34. The molecule has 0 aliphatic heterocycles. The number of halogens is 1. The summed E-state index contributed by atoms with van der Waals surface area (Å²) in [7, 11) is 3.99. The number of nitrogens with two attached hydrogens (primary N) is 1. The molecule has 1 fully saturated rings. The van der Waals surface area contributed by atoms with Gasteiger partial charge in [0.2, 0.25) is 5.95 Å². The molecule has 1 amide bonds. The van der Waals surface area contributed by atoms with E-state index in [9.17, 15) is 4.79 Å². The van der Waals surface area contributed by atoms with E-state index < -0.39 is 0 Å². The Balaban J connectivity index is 1.32. The minimum atomic E-state index is -0.156. The largest absolute Gasteiger partial charge is 0.399 e. The van der Waals surface area contributed by atoms with Crippen molar-refractivity contribution in [1.29, 1.82) is 0 Å². The zero-order valence-corrected chi connectivity index (χ0v) is 19.2. The van der Waals surface area contributed by atoms with Crippen molar-refractivity contribution in [3.05, 3.63) is 53.1 Å². The van der Waals surface area contributed by atoms with Gasteiger partial charge in [-0.15, -0.1) is 0 Å². The molecule has 0 radical (unpaired) electrons. The van der Waals surface area contributed by atoms with Crippen LogP contribution in [0.1, 0.15) is 36.0 Å². The first kappa shape index (κ1) is 22.1. The summed E-state index contributed by atoms with van der Waals surface area (Å²) < 4.78 is 0. The zero-order chi connectivity index (χ0) is 22.7. The number of anilines is 3. The van der Waals surface area contributed by atoms with E-state index in [1.807, 2.05) is 43.3 Å². The second-order valence-corrected chi connectivity index (χ2v) is 9.00. The molecule has 1 aliphatic carbocycles. The summed E-state index contributed by atoms with van der Waals surface area (Å²) in [4.78, 5) is 23.9. The number of amides is 1. The molecule has 0 spiro atoms. The third kappa shape index (κ3) is 5.05. The van der Waals surface area contributed by atoms with Gasteiger partial charge in [-0.1, -0.05) is 23.7 Å². The van der Waals surface area contributed by atoms with Crippen molar-refractivity contribution in [2.45, 2.75) is 31.7 Å². The molecule has 4 N–H and O–H groups in total. The highest BCUT2D eigenvalue weighted by molar-refractivity contribution is 6.34. The fourth-order valence-corrected chi connectivity index (χ4v) is 4.48. The van der Waals surface area contributed by atoms with Gasteiger partial charge in [0.15, 0.2) is 0 Å². The van der Waals surface area contributed by atoms with E-state index >= 15 is 0 Å². The van der Waals surface area contributed by atoms with E-state index in [1.54, 1.807) is 18.2 Å². The number of benzene rings is 2. The second-order valence-electron chi connectivity index (χ2n) is 8.59. The maximum Gasteiger partial charge on any atom is 0.252 e. The number of carbonyl (C=O) groups is 1. The number of rotatable bonds is 6. The summed E-state index contributed by atoms with van der Waals surface area (Å²) >= 11 is 6.15. The van der Waals surface area contributed by atoms with Gasteiger partial charge in [-0.25, -0.2) is 4.98 Å². The minimum Gasteiger partial charge on any atom is -0.399 e. The molecule has 1 heterocycles. The number of nitrogens with zero attached hydrogens (tertiary/aromatic N) is 3. The van der Waals surface area contributed by atoms with Crippen molar-refractivity contribution in [2.75, 3.05) is 36.6 Å². The van der Waals surface area contributed by atoms with Crippen molar-refractivity contribution in [3.63, 3.8) is 0 Å². The monoisotopic (exact) mass is 452 g/mol. The first-order valence-electron chi connectivity index (χ1n) is 10.9. The molecular weight excluding hydrogens is 424 g/mol. The zero-order valence-electron chi connectivity index (χ0n) is 18.4. The summed E-state index contributed by atoms with van der Waals surface area (Å²) in [6.45, 7) is 0.642. The Labute approximate surface area is 193 Å². The van der Waals surface area contributed by atoms with Crippen molar-refractivity contribution in [3.8, 4) is 0 Å². The number of nitrogen functional groups attached to an aromatic ring is 1. The highest BCUT2D eigenvalue weighted by atomic mass is 35.5. The van der Waals surface area contributed by atoms with Gasteiger partial charge in [0.05, 0.1) is 16.1 Å². The predicted molar refractivity (Wildman–Crippen MR) is 131 cm³/mol. The number of aromatic nitrogens is 2. The molecule has 1 saturated carbocycles. The van der Waals surface area contributed by atoms with Crippen LogP contribution in [0.15, 0.2) is 42.5 Å². The summed E-state index contributed by atoms with van der Waals surface area (Å²) in [6, 6.07) is 13.3. The standard InChI is InChI=1S/C24H29ClN6O/c1-31(2)22-19-5-3-4-6-21(19)29-24(30-22)28-17-10-7-15(8-11-17)14-27-23(32)18-12-9-16(26)13-20(18)25/h3-6,9,12-13,15,17H,7-8,10-11,14,26H2,1-2H3,(H,27,32)(H,28,29,30). The molecule has 7 nitrogen and oxygen atoms in total. The third-order valence-corrected chi connectivity index (χ3v) is 6.29. The van der Waals surface area contributed by atoms with E-state index in [-0.39, 0.29) is 5.91 Å². The second kappa shape index (κ2) is 9.61. The molecule has 0 saturated heterocycles. The van der Waals surface area contributed by atoms with Gasteiger partial charge in [0.25, 0.3) is 5.91 Å². The predicted octanol–water partition coefficient (Wildman–Crippen LogP) is 4.33. The number of hydrogen-bond acceptors (Lipinski definition) is 6. The fourth-order valence-electron chi connectivity index (χ4n) is 4.21. The lowest BCUT2D eigenvalue weighted by Gasteiger charge is -2.29. The maximum absolute atomic E-state index is 12.4. The van der Waals surface area contributed by atoms with Crippen molar-refractivity contribution >= 4 is 45.9 Å². The molecule has 0 bridgehead atoms. The van der Waals surface area contributed by atoms with Gasteiger partial charge in [0, 0.05) is 37.8 Å². The molecular formula is C24H29ClN6O. The Kier molecular flexibility index (Phi) is 6.65. The van der Waals surface area contributed by atoms with E-state index in [4.69, 9.17) is 27.3 Å². The Morgan fingerprint density at radius 2 is 1.88 bits per heavy atom. The van der Waals surface area contributed by atoms with Crippen LogP contribution in [-0.2, 0) is 0 Å². The van der Waals surface area contributed by atoms with Crippen LogP contribution in [0.5, 0.6) is 0 Å². The molecule has 2 aromatic carbocycles. The van der Waals surface area contributed by atoms with Crippen LogP contribution in [0.25, 0.3) is 10.9 Å². The molecule has 168 valence electrons. The quantitative estimate of drug-likeness (QED) is 0.481. The summed E-state index contributed by atoms with van der Waals surface area (Å²) in [5, 5.41) is 7.97. The van der Waals surface area contributed by atoms with Gasteiger partial charge in [-0.3, -0.25) is 4.79 Å². The molecule has 1 aromatic heterocycles. The lowest BCUT2D eigenvalue weighted by atomic mass is 9.86. The number of carbonyl (C=O) groups excluding carboxylic acids is 1. The van der Waals surface area contributed by atoms with Crippen LogP contribution < -0.4 is 21.3 Å². The molecule has 1 aliphatic rings. The minimum absolute atomic E-state index is 0.156. The van der Waals surface area contributed by atoms with Crippen molar-refractivity contribution in [1.82, 2.24) is 15.3 Å². The van der Waals surface area contributed by atoms with Crippen molar-refractivity contribution < 1.29 is 4.79 Å². The first-order chi connectivity index (χ1) is 15.4. The highest BCUT2D eigenvalue weighted by Crippen LogP contribution is 2.28. The van der Waals surface area contributed by atoms with Crippen LogP contribution in [0.2, 0.25) is 5.02 Å². The average Bonchev–Trinajstić information content (AvgIpc) is 2.78. The Morgan fingerprint density at radius 3 is 2.59 bits per heavy atom. The smallest absolute Gasteiger partial charge is 0.252 e. The number of para-hydroxylation sites is 1.